The van der Waals surface area contributed by atoms with Gasteiger partial charge in [-0.15, -0.1) is 0 Å². The molecule has 1 N–H and O–H groups in total. The minimum atomic E-state index is -0.563. The number of rotatable bonds is 3. The molecule has 1 aliphatic heterocycles. The van der Waals surface area contributed by atoms with E-state index in [9.17, 15) is 9.18 Å². The Labute approximate surface area is 168 Å². The van der Waals surface area contributed by atoms with Crippen LogP contribution in [0.15, 0.2) is 71.7 Å². The Balaban J connectivity index is 1.73. The molecule has 1 heterocycles. The van der Waals surface area contributed by atoms with Gasteiger partial charge in [-0.3, -0.25) is 4.79 Å². The molecule has 29 heavy (non-hydrogen) atoms. The third-order valence-electron chi connectivity index (χ3n) is 4.74. The molecule has 0 bridgehead atoms. The van der Waals surface area contributed by atoms with Gasteiger partial charge in [0.25, 0.3) is 5.91 Å². The van der Waals surface area contributed by atoms with Crippen molar-refractivity contribution < 1.29 is 13.9 Å². The van der Waals surface area contributed by atoms with Gasteiger partial charge in [0, 0.05) is 19.3 Å². The molecular weight excluding hydrogens is 369 g/mol. The third-order valence-corrected chi connectivity index (χ3v) is 4.74. The summed E-state index contributed by atoms with van der Waals surface area (Å²) in [5, 5.41) is 2.76. The fourth-order valence-corrected chi connectivity index (χ4v) is 3.08. The standard InChI is InChI=1S/C23H20FN3O2/c1-3-27(2)22-17-14-15(25-23(28)16-8-4-5-9-18(16)24)12-13-20(17)29-21-11-7-6-10-19(21)26-22/h4-14H,3H2,1-2H3,(H,25,28). The van der Waals surface area contributed by atoms with Crippen molar-refractivity contribution >= 4 is 23.1 Å². The van der Waals surface area contributed by atoms with Gasteiger partial charge in [0.05, 0.1) is 11.1 Å². The molecule has 0 spiro atoms. The maximum Gasteiger partial charge on any atom is 0.258 e. The lowest BCUT2D eigenvalue weighted by Gasteiger charge is -2.20. The molecule has 0 unspecified atom stereocenters. The van der Waals surface area contributed by atoms with Crippen molar-refractivity contribution in [3.63, 3.8) is 0 Å². The number of aliphatic imine (C=N–C) groups is 1. The number of carbonyl (C=O) groups is 1. The highest BCUT2D eigenvalue weighted by Crippen LogP contribution is 2.38. The van der Waals surface area contributed by atoms with E-state index in [4.69, 9.17) is 9.73 Å². The van der Waals surface area contributed by atoms with Crippen LogP contribution in [-0.4, -0.2) is 30.2 Å². The maximum absolute atomic E-state index is 13.9. The molecule has 0 saturated carbocycles. The van der Waals surface area contributed by atoms with Crippen LogP contribution in [0.3, 0.4) is 0 Å². The van der Waals surface area contributed by atoms with Crippen molar-refractivity contribution in [1.29, 1.82) is 0 Å². The molecule has 146 valence electrons. The molecule has 4 rings (SSSR count). The number of hydrogen-bond acceptors (Lipinski definition) is 4. The van der Waals surface area contributed by atoms with Crippen LogP contribution < -0.4 is 10.1 Å². The number of nitrogens with zero attached hydrogens (tertiary/aromatic N) is 2. The number of anilines is 1. The summed E-state index contributed by atoms with van der Waals surface area (Å²) in [7, 11) is 1.95. The molecule has 0 fully saturated rings. The van der Waals surface area contributed by atoms with E-state index in [-0.39, 0.29) is 5.56 Å². The first-order valence-electron chi connectivity index (χ1n) is 9.34. The molecular formula is C23H20FN3O2. The second-order valence-electron chi connectivity index (χ2n) is 6.66. The van der Waals surface area contributed by atoms with E-state index in [1.54, 1.807) is 30.3 Å². The van der Waals surface area contributed by atoms with E-state index in [1.807, 2.05) is 43.1 Å². The number of halogens is 1. The predicted octanol–water partition coefficient (Wildman–Crippen LogP) is 5.21. The fourth-order valence-electron chi connectivity index (χ4n) is 3.08. The van der Waals surface area contributed by atoms with Crippen LogP contribution in [0.2, 0.25) is 0 Å². The molecule has 1 aliphatic rings. The van der Waals surface area contributed by atoms with Gasteiger partial charge in [0.2, 0.25) is 0 Å². The summed E-state index contributed by atoms with van der Waals surface area (Å²) in [6, 6.07) is 18.8. The SMILES string of the molecule is CCN(C)C1=Nc2ccccc2Oc2ccc(NC(=O)c3ccccc3F)cc21. The second kappa shape index (κ2) is 7.75. The summed E-state index contributed by atoms with van der Waals surface area (Å²) in [5.74, 6) is 0.957. The summed E-state index contributed by atoms with van der Waals surface area (Å²) in [5.41, 5.74) is 2.00. The van der Waals surface area contributed by atoms with E-state index in [2.05, 4.69) is 5.32 Å². The summed E-state index contributed by atoms with van der Waals surface area (Å²) >= 11 is 0. The molecule has 3 aromatic rings. The van der Waals surface area contributed by atoms with E-state index >= 15 is 0 Å². The van der Waals surface area contributed by atoms with Crippen molar-refractivity contribution in [2.24, 2.45) is 4.99 Å². The van der Waals surface area contributed by atoms with Crippen molar-refractivity contribution in [2.75, 3.05) is 18.9 Å². The lowest BCUT2D eigenvalue weighted by atomic mass is 10.1. The first-order valence-corrected chi connectivity index (χ1v) is 9.34. The van der Waals surface area contributed by atoms with E-state index in [1.165, 1.54) is 12.1 Å². The largest absolute Gasteiger partial charge is 0.454 e. The Morgan fingerprint density at radius 3 is 2.62 bits per heavy atom. The molecule has 0 radical (unpaired) electrons. The zero-order valence-electron chi connectivity index (χ0n) is 16.1. The van der Waals surface area contributed by atoms with Crippen LogP contribution >= 0.6 is 0 Å². The number of benzene rings is 3. The number of amides is 1. The van der Waals surface area contributed by atoms with Crippen LogP contribution in [0.1, 0.15) is 22.8 Å². The smallest absolute Gasteiger partial charge is 0.258 e. The van der Waals surface area contributed by atoms with Gasteiger partial charge in [-0.05, 0) is 49.4 Å². The Hall–Kier alpha value is -3.67. The normalized spacial score (nSPS) is 12.0. The monoisotopic (exact) mass is 389 g/mol. The minimum Gasteiger partial charge on any atom is -0.454 e. The number of amidine groups is 1. The quantitative estimate of drug-likeness (QED) is 0.669. The molecule has 0 atom stereocenters. The molecule has 1 amide bonds. The van der Waals surface area contributed by atoms with Crippen molar-refractivity contribution in [2.45, 2.75) is 6.92 Å². The van der Waals surface area contributed by atoms with Crippen molar-refractivity contribution in [3.05, 3.63) is 83.7 Å². The average Bonchev–Trinajstić information content (AvgIpc) is 2.90. The number of para-hydroxylation sites is 2. The maximum atomic E-state index is 13.9. The number of fused-ring (bicyclic) bond motifs is 2. The zero-order valence-corrected chi connectivity index (χ0v) is 16.1. The van der Waals surface area contributed by atoms with E-state index < -0.39 is 11.7 Å². The Morgan fingerprint density at radius 2 is 1.83 bits per heavy atom. The van der Waals surface area contributed by atoms with Gasteiger partial charge in [0.15, 0.2) is 5.75 Å². The Morgan fingerprint density at radius 1 is 1.07 bits per heavy atom. The molecule has 0 saturated heterocycles. The highest BCUT2D eigenvalue weighted by molar-refractivity contribution is 6.07. The van der Waals surface area contributed by atoms with Gasteiger partial charge in [0.1, 0.15) is 23.1 Å². The van der Waals surface area contributed by atoms with Gasteiger partial charge in [-0.1, -0.05) is 24.3 Å². The van der Waals surface area contributed by atoms with Gasteiger partial charge < -0.3 is 15.0 Å². The van der Waals surface area contributed by atoms with Crippen LogP contribution in [0.5, 0.6) is 11.5 Å². The van der Waals surface area contributed by atoms with Crippen molar-refractivity contribution in [3.8, 4) is 11.5 Å². The first-order chi connectivity index (χ1) is 14.1. The molecule has 3 aromatic carbocycles. The van der Waals surface area contributed by atoms with Gasteiger partial charge in [-0.2, -0.15) is 0 Å². The predicted molar refractivity (Wildman–Crippen MR) is 112 cm³/mol. The Kier molecular flexibility index (Phi) is 4.99. The summed E-state index contributed by atoms with van der Waals surface area (Å²) in [6.07, 6.45) is 0. The number of nitrogens with one attached hydrogen (secondary N) is 1. The lowest BCUT2D eigenvalue weighted by molar-refractivity contribution is 0.102. The molecule has 0 aliphatic carbocycles. The fraction of sp³-hybridized carbons (Fsp3) is 0.130. The van der Waals surface area contributed by atoms with Crippen LogP contribution in [0, 0.1) is 5.82 Å². The van der Waals surface area contributed by atoms with Crippen LogP contribution in [-0.2, 0) is 0 Å². The van der Waals surface area contributed by atoms with E-state index in [0.717, 1.165) is 23.6 Å². The third kappa shape index (κ3) is 3.69. The average molecular weight is 389 g/mol. The molecule has 6 heteroatoms. The van der Waals surface area contributed by atoms with Crippen LogP contribution in [0.25, 0.3) is 0 Å². The second-order valence-corrected chi connectivity index (χ2v) is 6.66. The van der Waals surface area contributed by atoms with Crippen LogP contribution in [0.4, 0.5) is 15.8 Å². The zero-order chi connectivity index (χ0) is 20.4. The molecule has 0 aromatic heterocycles. The molecule has 5 nitrogen and oxygen atoms in total. The summed E-state index contributed by atoms with van der Waals surface area (Å²) in [4.78, 5) is 19.3. The lowest BCUT2D eigenvalue weighted by Crippen LogP contribution is -2.27. The van der Waals surface area contributed by atoms with E-state index in [0.29, 0.717) is 17.2 Å². The number of hydrogen-bond donors (Lipinski definition) is 1. The summed E-state index contributed by atoms with van der Waals surface area (Å²) in [6.45, 7) is 2.77. The summed E-state index contributed by atoms with van der Waals surface area (Å²) < 4.78 is 20.0. The minimum absolute atomic E-state index is 0.00864. The number of carbonyl (C=O) groups excluding carboxylic acids is 1. The topological polar surface area (TPSA) is 53.9 Å². The number of ether oxygens (including phenoxy) is 1. The highest BCUT2D eigenvalue weighted by atomic mass is 19.1. The Bertz CT molecular complexity index is 1110. The van der Waals surface area contributed by atoms with Gasteiger partial charge in [-0.25, -0.2) is 9.38 Å². The first kappa shape index (κ1) is 18.7. The van der Waals surface area contributed by atoms with Crippen molar-refractivity contribution in [1.82, 2.24) is 4.90 Å². The highest BCUT2D eigenvalue weighted by Gasteiger charge is 2.21. The van der Waals surface area contributed by atoms with Gasteiger partial charge >= 0.3 is 0 Å².